The van der Waals surface area contributed by atoms with Gasteiger partial charge in [-0.25, -0.2) is 0 Å². The van der Waals surface area contributed by atoms with Crippen LogP contribution < -0.4 is 0 Å². The lowest BCUT2D eigenvalue weighted by Gasteiger charge is -2.47. The molecule has 1 aliphatic carbocycles. The summed E-state index contributed by atoms with van der Waals surface area (Å²) in [6.07, 6.45) is 1.89. The molecule has 3 aliphatic rings. The molecule has 2 heterocycles. The van der Waals surface area contributed by atoms with Gasteiger partial charge in [0.2, 0.25) is 5.91 Å². The fourth-order valence-corrected chi connectivity index (χ4v) is 8.52. The third-order valence-corrected chi connectivity index (χ3v) is 11.6. The summed E-state index contributed by atoms with van der Waals surface area (Å²) in [6, 6.07) is -0.0474. The number of ketones is 1. The lowest BCUT2D eigenvalue weighted by molar-refractivity contribution is -0.295. The van der Waals surface area contributed by atoms with E-state index in [1.807, 2.05) is 63.8 Å². The highest BCUT2D eigenvalue weighted by Crippen LogP contribution is 2.39. The number of ether oxygens (including phenoxy) is 4. The number of aliphatic hydroxyl groups is 1. The first-order valence-corrected chi connectivity index (χ1v) is 18.3. The topological polar surface area (TPSA) is 121 Å². The van der Waals surface area contributed by atoms with Gasteiger partial charge in [-0.1, -0.05) is 13.8 Å². The van der Waals surface area contributed by atoms with Gasteiger partial charge in [0.1, 0.15) is 18.1 Å². The summed E-state index contributed by atoms with van der Waals surface area (Å²) >= 11 is 0. The second-order valence-corrected chi connectivity index (χ2v) is 16.6. The fourth-order valence-electron chi connectivity index (χ4n) is 8.52. The van der Waals surface area contributed by atoms with Crippen molar-refractivity contribution in [1.29, 1.82) is 0 Å². The molecule has 12 heteroatoms. The molecular formula is C37H68N4O8. The number of aliphatic hydroxyl groups excluding tert-OH is 1. The molecule has 3 fully saturated rings. The zero-order valence-corrected chi connectivity index (χ0v) is 32.7. The largest absolute Gasteiger partial charge is 0.463 e. The lowest BCUT2D eigenvalue weighted by Crippen LogP contribution is -2.59. The van der Waals surface area contributed by atoms with Gasteiger partial charge in [-0.2, -0.15) is 0 Å². The molecule has 1 amide bonds. The van der Waals surface area contributed by atoms with Gasteiger partial charge in [0.15, 0.2) is 12.1 Å². The number of Topliss-reactive ketones (excluding diaryl/α,β-unsaturated/α-hetero) is 1. The Balaban J connectivity index is 1.90. The van der Waals surface area contributed by atoms with E-state index in [-0.39, 0.29) is 54.4 Å². The number of likely N-dealkylation sites (N-methyl/N-ethyl adjacent to an activating group) is 4. The van der Waals surface area contributed by atoms with Gasteiger partial charge in [0, 0.05) is 44.7 Å². The summed E-state index contributed by atoms with van der Waals surface area (Å²) in [5.41, 5.74) is -2.39. The maximum atomic E-state index is 14.3. The van der Waals surface area contributed by atoms with E-state index in [0.29, 0.717) is 25.9 Å². The van der Waals surface area contributed by atoms with E-state index in [0.717, 1.165) is 25.7 Å². The molecule has 0 aromatic heterocycles. The normalized spacial score (nSPS) is 38.8. The second-order valence-electron chi connectivity index (χ2n) is 16.6. The van der Waals surface area contributed by atoms with Gasteiger partial charge in [-0.15, -0.1) is 0 Å². The summed E-state index contributed by atoms with van der Waals surface area (Å²) in [7, 11) is 13.3. The molecule has 0 aromatic rings. The summed E-state index contributed by atoms with van der Waals surface area (Å²) in [5, 5.41) is 11.4. The van der Waals surface area contributed by atoms with Crippen LogP contribution in [-0.2, 0) is 33.3 Å². The maximum Gasteiger partial charge on any atom is 0.319 e. The molecule has 2 saturated heterocycles. The molecule has 9 atom stereocenters. The molecule has 1 saturated carbocycles. The number of hydrogen-bond donors (Lipinski definition) is 1. The molecule has 284 valence electrons. The van der Waals surface area contributed by atoms with Crippen LogP contribution >= 0.6 is 0 Å². The number of amides is 1. The Kier molecular flexibility index (Phi) is 14.7. The third kappa shape index (κ3) is 10.0. The first kappa shape index (κ1) is 41.7. The van der Waals surface area contributed by atoms with Gasteiger partial charge in [-0.3, -0.25) is 19.3 Å². The van der Waals surface area contributed by atoms with Gasteiger partial charge < -0.3 is 38.8 Å². The number of cyclic esters (lactones) is 1. The standard InChI is InChI=1S/C37H68N4O8/c1-23-19-37(6,46-13)33(49-34-31(43)28(39(9)10)18-24(2)48-34)25(3)32(44)36(4,5)35(45)47-22-29(40(11)20-23)26-14-16-27(17-15-26)41(12)30(42)21-38(7)8/h23-29,31,33-34,43H,14-22H2,1-13H3/t23-,24-,25+,26-,27-,28+,29-,31-,33-,34+,37-/m1/s1. The molecule has 0 spiro atoms. The molecule has 12 nitrogen and oxygen atoms in total. The quantitative estimate of drug-likeness (QED) is 0.298. The lowest BCUT2D eigenvalue weighted by atomic mass is 9.74. The van der Waals surface area contributed by atoms with Crippen molar-refractivity contribution >= 4 is 17.7 Å². The predicted octanol–water partition coefficient (Wildman–Crippen LogP) is 2.90. The second kappa shape index (κ2) is 17.2. The van der Waals surface area contributed by atoms with E-state index < -0.39 is 41.4 Å². The number of hydrogen-bond acceptors (Lipinski definition) is 11. The van der Waals surface area contributed by atoms with Crippen LogP contribution in [0.15, 0.2) is 0 Å². The van der Waals surface area contributed by atoms with E-state index in [9.17, 15) is 19.5 Å². The van der Waals surface area contributed by atoms with Crippen molar-refractivity contribution in [2.75, 3.05) is 69.1 Å². The Hall–Kier alpha value is -1.67. The fraction of sp³-hybridized carbons (Fsp3) is 0.919. The predicted molar refractivity (Wildman–Crippen MR) is 189 cm³/mol. The van der Waals surface area contributed by atoms with Crippen LogP contribution in [0.5, 0.6) is 0 Å². The van der Waals surface area contributed by atoms with Crippen molar-refractivity contribution in [1.82, 2.24) is 19.6 Å². The van der Waals surface area contributed by atoms with Crippen LogP contribution in [-0.4, -0.2) is 160 Å². The molecule has 2 aliphatic heterocycles. The first-order chi connectivity index (χ1) is 22.7. The number of rotatable bonds is 8. The van der Waals surface area contributed by atoms with E-state index in [1.165, 1.54) is 0 Å². The van der Waals surface area contributed by atoms with Crippen LogP contribution in [0.25, 0.3) is 0 Å². The van der Waals surface area contributed by atoms with Gasteiger partial charge >= 0.3 is 5.97 Å². The zero-order chi connectivity index (χ0) is 37.0. The van der Waals surface area contributed by atoms with Crippen LogP contribution in [0.3, 0.4) is 0 Å². The van der Waals surface area contributed by atoms with Gasteiger partial charge in [0.25, 0.3) is 0 Å². The molecule has 0 unspecified atom stereocenters. The average molecular weight is 697 g/mol. The summed E-state index contributed by atoms with van der Waals surface area (Å²) in [6.45, 7) is 12.4. The third-order valence-electron chi connectivity index (χ3n) is 11.6. The van der Waals surface area contributed by atoms with Crippen molar-refractivity contribution in [2.24, 2.45) is 23.2 Å². The summed E-state index contributed by atoms with van der Waals surface area (Å²) < 4.78 is 25.1. The van der Waals surface area contributed by atoms with Crippen molar-refractivity contribution < 1.29 is 38.4 Å². The minimum atomic E-state index is -1.45. The van der Waals surface area contributed by atoms with E-state index >= 15 is 0 Å². The Labute approximate surface area is 296 Å². The Morgan fingerprint density at radius 3 is 2.18 bits per heavy atom. The van der Waals surface area contributed by atoms with Crippen LogP contribution in [0.4, 0.5) is 0 Å². The Morgan fingerprint density at radius 2 is 1.63 bits per heavy atom. The number of carbonyl (C=O) groups excluding carboxylic acids is 3. The van der Waals surface area contributed by atoms with Crippen LogP contribution in [0.1, 0.15) is 80.1 Å². The van der Waals surface area contributed by atoms with E-state index in [1.54, 1.807) is 27.9 Å². The van der Waals surface area contributed by atoms with Crippen molar-refractivity contribution in [3.8, 4) is 0 Å². The highest BCUT2D eigenvalue weighted by Gasteiger charge is 2.51. The molecule has 0 radical (unpaired) electrons. The average Bonchev–Trinajstić information content (AvgIpc) is 3.03. The molecule has 3 rings (SSSR count). The number of carbonyl (C=O) groups is 3. The SMILES string of the molecule is CO[C@]1(C)C[C@@H](C)CN(C)[C@@H]([C@H]2CC[C@H](N(C)C(=O)CN(C)C)CC2)COC(=O)C(C)(C)C(=O)[C@H](C)[C@H]1O[C@@H]1O[C@H](C)C[C@H](N(C)C)[C@H]1O. The van der Waals surface area contributed by atoms with Crippen molar-refractivity contribution in [3.05, 3.63) is 0 Å². The van der Waals surface area contributed by atoms with E-state index in [4.69, 9.17) is 18.9 Å². The number of methoxy groups -OCH3 is 1. The first-order valence-electron chi connectivity index (χ1n) is 18.3. The van der Waals surface area contributed by atoms with Crippen LogP contribution in [0, 0.1) is 23.2 Å². The zero-order valence-electron chi connectivity index (χ0n) is 32.7. The summed E-state index contributed by atoms with van der Waals surface area (Å²) in [5.74, 6) is -1.14. The highest BCUT2D eigenvalue weighted by atomic mass is 16.7. The molecule has 1 N–H and O–H groups in total. The molecule has 0 aromatic carbocycles. The van der Waals surface area contributed by atoms with Crippen LogP contribution in [0.2, 0.25) is 0 Å². The number of nitrogens with zero attached hydrogens (tertiary/aromatic N) is 4. The number of esters is 1. The van der Waals surface area contributed by atoms with Gasteiger partial charge in [0.05, 0.1) is 24.4 Å². The monoisotopic (exact) mass is 697 g/mol. The van der Waals surface area contributed by atoms with Crippen molar-refractivity contribution in [3.63, 3.8) is 0 Å². The molecular weight excluding hydrogens is 628 g/mol. The van der Waals surface area contributed by atoms with Gasteiger partial charge in [-0.05, 0) is 113 Å². The maximum absolute atomic E-state index is 14.3. The van der Waals surface area contributed by atoms with E-state index in [2.05, 4.69) is 18.9 Å². The summed E-state index contributed by atoms with van der Waals surface area (Å²) in [4.78, 5) is 48.9. The molecule has 49 heavy (non-hydrogen) atoms. The Bertz CT molecular complexity index is 1110. The molecule has 0 bridgehead atoms. The smallest absolute Gasteiger partial charge is 0.319 e. The minimum Gasteiger partial charge on any atom is -0.463 e. The van der Waals surface area contributed by atoms with Crippen molar-refractivity contribution in [2.45, 2.75) is 128 Å². The minimum absolute atomic E-state index is 0.0460. The highest BCUT2D eigenvalue weighted by molar-refractivity contribution is 6.04. The Morgan fingerprint density at radius 1 is 1.02 bits per heavy atom.